The van der Waals surface area contributed by atoms with Crippen molar-refractivity contribution >= 4 is 5.97 Å². The molecule has 3 heteroatoms. The van der Waals surface area contributed by atoms with Crippen LogP contribution in [-0.2, 0) is 10.8 Å². The van der Waals surface area contributed by atoms with Gasteiger partial charge >= 0.3 is 5.97 Å². The van der Waals surface area contributed by atoms with Crippen LogP contribution in [-0.4, -0.2) is 17.7 Å². The van der Waals surface area contributed by atoms with Crippen molar-refractivity contribution in [2.75, 3.05) is 6.61 Å². The molecule has 118 valence electrons. The van der Waals surface area contributed by atoms with Crippen LogP contribution >= 0.6 is 0 Å². The third-order valence-electron chi connectivity index (χ3n) is 3.40. The summed E-state index contributed by atoms with van der Waals surface area (Å²) in [4.78, 5) is 11.4. The molecule has 0 aliphatic carbocycles. The number of carboxylic acid groups (broad SMARTS) is 1. The summed E-state index contributed by atoms with van der Waals surface area (Å²) in [5.41, 5.74) is 1.90. The Morgan fingerprint density at radius 2 is 1.48 bits per heavy atom. The van der Waals surface area contributed by atoms with Crippen molar-refractivity contribution in [1.29, 1.82) is 0 Å². The topological polar surface area (TPSA) is 46.5 Å². The Kier molecular flexibility index (Phi) is 5.08. The molecule has 0 saturated carbocycles. The summed E-state index contributed by atoms with van der Waals surface area (Å²) in [5, 5.41) is 9.39. The highest BCUT2D eigenvalue weighted by Crippen LogP contribution is 2.40. The molecule has 0 radical (unpaired) electrons. The fourth-order valence-corrected chi connectivity index (χ4v) is 2.23. The molecule has 0 spiro atoms. The van der Waals surface area contributed by atoms with Gasteiger partial charge in [-0.15, -0.1) is 0 Å². The van der Waals surface area contributed by atoms with Crippen LogP contribution < -0.4 is 4.74 Å². The van der Waals surface area contributed by atoms with Crippen molar-refractivity contribution in [3.05, 3.63) is 28.8 Å². The first-order valence-corrected chi connectivity index (χ1v) is 7.53. The lowest BCUT2D eigenvalue weighted by Gasteiger charge is -2.30. The average molecular weight is 292 g/mol. The minimum absolute atomic E-state index is 0.172. The number of carbonyl (C=O) groups is 1. The molecule has 0 atom stereocenters. The lowest BCUT2D eigenvalue weighted by Crippen LogP contribution is -2.21. The molecule has 0 aliphatic heterocycles. The van der Waals surface area contributed by atoms with Gasteiger partial charge in [0.1, 0.15) is 5.75 Å². The van der Waals surface area contributed by atoms with Gasteiger partial charge < -0.3 is 9.84 Å². The standard InChI is InChI=1S/C18H28O3/c1-8-9-21-15-13(17(2,3)4)10-12(16(19)20)11-14(15)18(5,6)7/h10-11H,8-9H2,1-7H3,(H,19,20). The Morgan fingerprint density at radius 3 is 1.76 bits per heavy atom. The van der Waals surface area contributed by atoms with Crippen LogP contribution in [0, 0.1) is 0 Å². The summed E-state index contributed by atoms with van der Waals surface area (Å²) in [7, 11) is 0. The predicted molar refractivity (Wildman–Crippen MR) is 86.6 cm³/mol. The van der Waals surface area contributed by atoms with Gasteiger partial charge in [0, 0.05) is 11.1 Å². The lowest BCUT2D eigenvalue weighted by atomic mass is 9.78. The van der Waals surface area contributed by atoms with E-state index >= 15 is 0 Å². The molecule has 0 aromatic heterocycles. The lowest BCUT2D eigenvalue weighted by molar-refractivity contribution is 0.0696. The van der Waals surface area contributed by atoms with Gasteiger partial charge in [-0.25, -0.2) is 4.79 Å². The SMILES string of the molecule is CCCOc1c(C(C)(C)C)cc(C(=O)O)cc1C(C)(C)C. The Labute approximate surface area is 128 Å². The Bertz CT molecular complexity index is 481. The molecule has 1 rings (SSSR count). The summed E-state index contributed by atoms with van der Waals surface area (Å²) in [5.74, 6) is -0.0464. The van der Waals surface area contributed by atoms with Crippen molar-refractivity contribution in [2.24, 2.45) is 0 Å². The van der Waals surface area contributed by atoms with Gasteiger partial charge in [-0.1, -0.05) is 48.5 Å². The number of aromatic carboxylic acids is 1. The van der Waals surface area contributed by atoms with Crippen molar-refractivity contribution in [3.8, 4) is 5.75 Å². The molecule has 0 fully saturated rings. The summed E-state index contributed by atoms with van der Waals surface area (Å²) >= 11 is 0. The fourth-order valence-electron chi connectivity index (χ4n) is 2.23. The molecule has 21 heavy (non-hydrogen) atoms. The molecule has 1 aromatic carbocycles. The van der Waals surface area contributed by atoms with E-state index in [1.165, 1.54) is 0 Å². The molecule has 0 amide bonds. The van der Waals surface area contributed by atoms with Gasteiger partial charge in [-0.05, 0) is 29.4 Å². The number of rotatable bonds is 4. The van der Waals surface area contributed by atoms with E-state index in [0.29, 0.717) is 12.2 Å². The van der Waals surface area contributed by atoms with Crippen molar-refractivity contribution in [2.45, 2.75) is 65.7 Å². The van der Waals surface area contributed by atoms with Crippen molar-refractivity contribution in [3.63, 3.8) is 0 Å². The predicted octanol–water partition coefficient (Wildman–Crippen LogP) is 4.77. The fraction of sp³-hybridized carbons (Fsp3) is 0.611. The number of carboxylic acids is 1. The smallest absolute Gasteiger partial charge is 0.335 e. The zero-order chi connectivity index (χ0) is 16.4. The van der Waals surface area contributed by atoms with Crippen LogP contribution in [0.4, 0.5) is 0 Å². The van der Waals surface area contributed by atoms with E-state index in [4.69, 9.17) is 4.74 Å². The van der Waals surface area contributed by atoms with E-state index < -0.39 is 5.97 Å². The van der Waals surface area contributed by atoms with Gasteiger partial charge in [0.2, 0.25) is 0 Å². The summed E-state index contributed by atoms with van der Waals surface area (Å²) in [6.07, 6.45) is 0.924. The summed E-state index contributed by atoms with van der Waals surface area (Å²) in [6, 6.07) is 3.51. The van der Waals surface area contributed by atoms with Crippen LogP contribution in [0.3, 0.4) is 0 Å². The van der Waals surface area contributed by atoms with Gasteiger partial charge in [-0.3, -0.25) is 0 Å². The highest BCUT2D eigenvalue weighted by molar-refractivity contribution is 5.88. The maximum atomic E-state index is 11.4. The summed E-state index contributed by atoms with van der Waals surface area (Å²) in [6.45, 7) is 15.2. The number of hydrogen-bond acceptors (Lipinski definition) is 2. The zero-order valence-corrected chi connectivity index (χ0v) is 14.3. The van der Waals surface area contributed by atoms with E-state index in [0.717, 1.165) is 23.3 Å². The Morgan fingerprint density at radius 1 is 1.05 bits per heavy atom. The molecule has 1 aromatic rings. The molecule has 0 saturated heterocycles. The third kappa shape index (κ3) is 4.23. The zero-order valence-electron chi connectivity index (χ0n) is 14.3. The summed E-state index contributed by atoms with van der Waals surface area (Å²) < 4.78 is 6.01. The van der Waals surface area contributed by atoms with E-state index in [1.54, 1.807) is 12.1 Å². The normalized spacial score (nSPS) is 12.3. The maximum Gasteiger partial charge on any atom is 0.335 e. The second kappa shape index (κ2) is 6.08. The van der Waals surface area contributed by atoms with E-state index in [2.05, 4.69) is 48.5 Å². The van der Waals surface area contributed by atoms with Crippen molar-refractivity contribution < 1.29 is 14.6 Å². The average Bonchev–Trinajstić information content (AvgIpc) is 2.32. The molecule has 1 N–H and O–H groups in total. The van der Waals surface area contributed by atoms with Gasteiger partial charge in [0.15, 0.2) is 0 Å². The molecular formula is C18H28O3. The first-order chi connectivity index (χ1) is 9.48. The van der Waals surface area contributed by atoms with Gasteiger partial charge in [0.25, 0.3) is 0 Å². The highest BCUT2D eigenvalue weighted by Gasteiger charge is 2.28. The molecule has 3 nitrogen and oxygen atoms in total. The Balaban J connectivity index is 3.65. The maximum absolute atomic E-state index is 11.4. The number of hydrogen-bond donors (Lipinski definition) is 1. The number of ether oxygens (including phenoxy) is 1. The van der Waals surface area contributed by atoms with Crippen LogP contribution in [0.2, 0.25) is 0 Å². The molecular weight excluding hydrogens is 264 g/mol. The molecule has 0 aliphatic rings. The monoisotopic (exact) mass is 292 g/mol. The minimum atomic E-state index is -0.895. The largest absolute Gasteiger partial charge is 0.493 e. The van der Waals surface area contributed by atoms with Crippen LogP contribution in [0.1, 0.15) is 76.4 Å². The van der Waals surface area contributed by atoms with E-state index in [1.807, 2.05) is 0 Å². The van der Waals surface area contributed by atoms with Crippen LogP contribution in [0.15, 0.2) is 12.1 Å². The van der Waals surface area contributed by atoms with E-state index in [-0.39, 0.29) is 10.8 Å². The van der Waals surface area contributed by atoms with E-state index in [9.17, 15) is 9.90 Å². The van der Waals surface area contributed by atoms with Crippen LogP contribution in [0.5, 0.6) is 5.75 Å². The molecule has 0 bridgehead atoms. The second-order valence-electron chi connectivity index (χ2n) is 7.55. The highest BCUT2D eigenvalue weighted by atomic mass is 16.5. The quantitative estimate of drug-likeness (QED) is 0.869. The Hall–Kier alpha value is -1.51. The third-order valence-corrected chi connectivity index (χ3v) is 3.40. The van der Waals surface area contributed by atoms with Crippen molar-refractivity contribution in [1.82, 2.24) is 0 Å². The van der Waals surface area contributed by atoms with Crippen LogP contribution in [0.25, 0.3) is 0 Å². The molecule has 0 heterocycles. The molecule has 0 unspecified atom stereocenters. The first kappa shape index (κ1) is 17.5. The second-order valence-corrected chi connectivity index (χ2v) is 7.55. The minimum Gasteiger partial charge on any atom is -0.493 e. The first-order valence-electron chi connectivity index (χ1n) is 7.53. The van der Waals surface area contributed by atoms with Gasteiger partial charge in [-0.2, -0.15) is 0 Å². The van der Waals surface area contributed by atoms with Gasteiger partial charge in [0.05, 0.1) is 12.2 Å². The number of benzene rings is 1.